The van der Waals surface area contributed by atoms with Crippen LogP contribution in [-0.2, 0) is 6.54 Å². The molecule has 0 fully saturated rings. The van der Waals surface area contributed by atoms with Crippen LogP contribution in [0.2, 0.25) is 0 Å². The van der Waals surface area contributed by atoms with Crippen molar-refractivity contribution in [2.45, 2.75) is 13.5 Å². The maximum Gasteiger partial charge on any atom is 0.326 e. The fraction of sp³-hybridized carbons (Fsp3) is 0.143. The fourth-order valence-electron chi connectivity index (χ4n) is 2.12. The molecule has 3 nitrogen and oxygen atoms in total. The summed E-state index contributed by atoms with van der Waals surface area (Å²) in [5.74, 6) is 1.51. The molecule has 2 aromatic rings. The minimum atomic E-state index is 0.595. The molecular weight excluding hydrogens is 210 g/mol. The largest absolute Gasteiger partial charge is 0.362 e. The minimum Gasteiger partial charge on any atom is -0.362 e. The Kier molecular flexibility index (Phi) is 2.18. The van der Waals surface area contributed by atoms with Gasteiger partial charge in [-0.1, -0.05) is 18.2 Å². The van der Waals surface area contributed by atoms with Gasteiger partial charge in [-0.3, -0.25) is 0 Å². The maximum atomic E-state index is 6.05. The number of fused-ring (bicyclic) bond motifs is 2. The van der Waals surface area contributed by atoms with Crippen molar-refractivity contribution >= 4 is 11.7 Å². The van der Waals surface area contributed by atoms with Gasteiger partial charge in [0.25, 0.3) is 0 Å². The first-order valence-corrected chi connectivity index (χ1v) is 5.66. The van der Waals surface area contributed by atoms with Gasteiger partial charge in [0.05, 0.1) is 11.8 Å². The van der Waals surface area contributed by atoms with Gasteiger partial charge in [0.2, 0.25) is 5.84 Å². The molecule has 1 aliphatic heterocycles. The van der Waals surface area contributed by atoms with Crippen LogP contribution in [0.25, 0.3) is 0 Å². The lowest BCUT2D eigenvalue weighted by atomic mass is 10.1. The summed E-state index contributed by atoms with van der Waals surface area (Å²) in [6, 6.07) is 12.3. The number of pyridine rings is 1. The Bertz CT molecular complexity index is 615. The molecule has 1 aliphatic rings. The molecule has 0 spiro atoms. The first-order valence-electron chi connectivity index (χ1n) is 5.66. The van der Waals surface area contributed by atoms with E-state index in [9.17, 15) is 0 Å². The van der Waals surface area contributed by atoms with Gasteiger partial charge >= 0.3 is 5.82 Å². The molecule has 17 heavy (non-hydrogen) atoms. The van der Waals surface area contributed by atoms with Gasteiger partial charge in [0.1, 0.15) is 6.54 Å². The van der Waals surface area contributed by atoms with E-state index in [2.05, 4.69) is 40.9 Å². The number of aliphatic imine (C=N–C) groups is 1. The van der Waals surface area contributed by atoms with Crippen LogP contribution < -0.4 is 10.3 Å². The molecule has 3 rings (SSSR count). The van der Waals surface area contributed by atoms with E-state index in [1.165, 1.54) is 11.1 Å². The number of hydrogen-bond acceptors (Lipinski definition) is 2. The summed E-state index contributed by atoms with van der Waals surface area (Å²) in [4.78, 5) is 4.50. The third-order valence-electron chi connectivity index (χ3n) is 3.04. The Morgan fingerprint density at radius 1 is 1.24 bits per heavy atom. The van der Waals surface area contributed by atoms with Crippen LogP contribution in [0.1, 0.15) is 16.7 Å². The van der Waals surface area contributed by atoms with Gasteiger partial charge in [-0.15, -0.1) is 0 Å². The molecule has 0 bridgehead atoms. The highest BCUT2D eigenvalue weighted by molar-refractivity contribution is 6.00. The maximum absolute atomic E-state index is 6.05. The van der Waals surface area contributed by atoms with Crippen LogP contribution in [0.3, 0.4) is 0 Å². The number of nitrogens with two attached hydrogens (primary N) is 1. The zero-order valence-corrected chi connectivity index (χ0v) is 9.72. The lowest BCUT2D eigenvalue weighted by molar-refractivity contribution is -0.675. The molecule has 2 N–H and O–H groups in total. The number of hydrogen-bond donors (Lipinski definition) is 1. The van der Waals surface area contributed by atoms with Crippen LogP contribution in [-0.4, -0.2) is 5.84 Å². The molecule has 0 unspecified atom stereocenters. The molecule has 84 valence electrons. The van der Waals surface area contributed by atoms with Crippen LogP contribution in [0.5, 0.6) is 0 Å². The van der Waals surface area contributed by atoms with Crippen molar-refractivity contribution in [3.05, 3.63) is 59.3 Å². The van der Waals surface area contributed by atoms with Crippen molar-refractivity contribution in [2.24, 2.45) is 10.7 Å². The summed E-state index contributed by atoms with van der Waals surface area (Å²) in [7, 11) is 0. The van der Waals surface area contributed by atoms with Gasteiger partial charge in [0, 0.05) is 11.6 Å². The molecular formula is C14H14N3+. The Balaban J connectivity index is 2.24. The minimum absolute atomic E-state index is 0.595. The molecule has 0 aliphatic carbocycles. The van der Waals surface area contributed by atoms with E-state index in [0.717, 1.165) is 17.9 Å². The van der Waals surface area contributed by atoms with E-state index in [1.54, 1.807) is 0 Å². The molecule has 0 atom stereocenters. The van der Waals surface area contributed by atoms with Crippen molar-refractivity contribution in [3.63, 3.8) is 0 Å². The Labute approximate surface area is 100 Å². The summed E-state index contributed by atoms with van der Waals surface area (Å²) in [6.07, 6.45) is 2.06. The topological polar surface area (TPSA) is 42.3 Å². The van der Waals surface area contributed by atoms with Crippen LogP contribution in [0, 0.1) is 6.92 Å². The van der Waals surface area contributed by atoms with E-state index >= 15 is 0 Å². The van der Waals surface area contributed by atoms with Crippen molar-refractivity contribution in [3.8, 4) is 0 Å². The monoisotopic (exact) mass is 224 g/mol. The summed E-state index contributed by atoms with van der Waals surface area (Å²) >= 11 is 0. The average molecular weight is 224 g/mol. The molecule has 0 amide bonds. The van der Waals surface area contributed by atoms with Crippen molar-refractivity contribution in [1.29, 1.82) is 0 Å². The molecule has 1 aromatic carbocycles. The highest BCUT2D eigenvalue weighted by atomic mass is 15.1. The van der Waals surface area contributed by atoms with E-state index in [1.807, 2.05) is 18.2 Å². The van der Waals surface area contributed by atoms with Gasteiger partial charge in [-0.2, -0.15) is 0 Å². The number of nitrogens with zero attached hydrogens (tertiary/aromatic N) is 2. The molecule has 3 heteroatoms. The van der Waals surface area contributed by atoms with Crippen LogP contribution in [0.15, 0.2) is 47.6 Å². The summed E-state index contributed by atoms with van der Waals surface area (Å²) in [5.41, 5.74) is 9.49. The summed E-state index contributed by atoms with van der Waals surface area (Å²) in [5, 5.41) is 0. The number of benzene rings is 1. The van der Waals surface area contributed by atoms with Crippen LogP contribution >= 0.6 is 0 Å². The van der Waals surface area contributed by atoms with Gasteiger partial charge in [-0.05, 0) is 29.6 Å². The third-order valence-corrected chi connectivity index (χ3v) is 3.04. The first-order chi connectivity index (χ1) is 8.24. The summed E-state index contributed by atoms with van der Waals surface area (Å²) < 4.78 is 2.12. The van der Waals surface area contributed by atoms with Gasteiger partial charge in [0.15, 0.2) is 0 Å². The number of rotatable bonds is 0. The normalized spacial score (nSPS) is 13.4. The van der Waals surface area contributed by atoms with Crippen molar-refractivity contribution < 1.29 is 4.57 Å². The predicted octanol–water partition coefficient (Wildman–Crippen LogP) is 1.68. The second-order valence-electron chi connectivity index (χ2n) is 4.34. The standard InChI is InChI=1S/C14H13N3/c1-10-6-7-17-9-11-4-2-3-5-12(11)14(15)16-13(17)8-10/h2-8,15H,9H2,1H3/p+1. The number of aromatic nitrogens is 1. The zero-order valence-electron chi connectivity index (χ0n) is 9.72. The third kappa shape index (κ3) is 1.69. The van der Waals surface area contributed by atoms with E-state index in [0.29, 0.717) is 5.84 Å². The molecule has 1 aromatic heterocycles. The smallest absolute Gasteiger partial charge is 0.326 e. The van der Waals surface area contributed by atoms with E-state index in [-0.39, 0.29) is 0 Å². The van der Waals surface area contributed by atoms with Crippen molar-refractivity contribution in [1.82, 2.24) is 0 Å². The van der Waals surface area contributed by atoms with E-state index < -0.39 is 0 Å². The predicted molar refractivity (Wildman–Crippen MR) is 67.3 cm³/mol. The second-order valence-corrected chi connectivity index (χ2v) is 4.34. The van der Waals surface area contributed by atoms with E-state index in [4.69, 9.17) is 5.73 Å². The van der Waals surface area contributed by atoms with Gasteiger partial charge in [-0.25, -0.2) is 4.57 Å². The zero-order chi connectivity index (χ0) is 11.8. The SMILES string of the molecule is Cc1cc[n+]2c(c1)N=C(N)c1ccccc1C2. The lowest BCUT2D eigenvalue weighted by Crippen LogP contribution is -2.33. The average Bonchev–Trinajstić information content (AvgIpc) is 2.46. The highest BCUT2D eigenvalue weighted by Gasteiger charge is 2.20. The fourth-order valence-corrected chi connectivity index (χ4v) is 2.12. The van der Waals surface area contributed by atoms with Gasteiger partial charge < -0.3 is 5.73 Å². The quantitative estimate of drug-likeness (QED) is 0.680. The molecule has 2 heterocycles. The Morgan fingerprint density at radius 2 is 2.06 bits per heavy atom. The number of amidine groups is 1. The summed E-state index contributed by atoms with van der Waals surface area (Å²) in [6.45, 7) is 2.88. The Morgan fingerprint density at radius 3 is 2.94 bits per heavy atom. The Hall–Kier alpha value is -2.16. The lowest BCUT2D eigenvalue weighted by Gasteiger charge is -2.03. The van der Waals surface area contributed by atoms with Crippen LogP contribution in [0.4, 0.5) is 5.82 Å². The first kappa shape index (κ1) is 10.0. The number of aryl methyl sites for hydroxylation is 1. The highest BCUT2D eigenvalue weighted by Crippen LogP contribution is 2.17. The molecule has 0 radical (unpaired) electrons. The molecule has 0 saturated heterocycles. The molecule has 0 saturated carbocycles. The van der Waals surface area contributed by atoms with Crippen molar-refractivity contribution in [2.75, 3.05) is 0 Å². The second kappa shape index (κ2) is 3.70.